The number of halogens is 2. The molecule has 6 N–H and O–H groups in total. The number of carboxylic acids is 1. The van der Waals surface area contributed by atoms with Gasteiger partial charge in [0.15, 0.2) is 91.7 Å². The first-order valence-electron chi connectivity index (χ1n) is 26.0. The summed E-state index contributed by atoms with van der Waals surface area (Å²) in [4.78, 5) is 47.4. The fraction of sp³-hybridized carbons (Fsp3) is 0.200. The molecule has 0 amide bonds. The van der Waals surface area contributed by atoms with E-state index in [0.717, 1.165) is 11.5 Å². The summed E-state index contributed by atoms with van der Waals surface area (Å²) in [5.74, 6) is 2.32. The lowest BCUT2D eigenvalue weighted by Crippen LogP contribution is -2.11. The molecule has 0 bridgehead atoms. The molecule has 25 nitrogen and oxygen atoms in total. The molecule has 27 heteroatoms. The van der Waals surface area contributed by atoms with Gasteiger partial charge in [0.05, 0.1) is 107 Å². The molecule has 92 heavy (non-hydrogen) atoms. The van der Waals surface area contributed by atoms with Gasteiger partial charge >= 0.3 is 23.2 Å². The number of hydrogen-bond donors (Lipinski definition) is 6. The Morgan fingerprint density at radius 3 is 1.24 bits per heavy atom. The fourth-order valence-electron chi connectivity index (χ4n) is 8.61. The van der Waals surface area contributed by atoms with Gasteiger partial charge in [0, 0.05) is 30.5 Å². The first kappa shape index (κ1) is 71.9. The highest BCUT2D eigenvalue weighted by molar-refractivity contribution is 9.10. The standard InChI is InChI=1S/C17H17BrO6.C17H16O6.C13H8O6.C9H9BrO4.C8H10O3.CH4/c1-20-12-6-5-7-13(16(12)23-4)24-17(19)10-8-14(21-2)15(22-3)9-11(10)18;1-19-12-6-5-9-10-7-13(20-2)14(21-3)8-11(10)17(18)23-15(9)16(12)22-4;14-8-2-1-5-6-3-9(15)10(16)4-7(6)13(18)19-12(5)11(8)17;1-13-7-3-5(9(11)12)6(10)4-8(7)14-2;1-10-7-5-3-4-6(9)8(7)11-2;/h5-9H,1-4H3;5-8H,1-4H3;1-4,14-17H;3-4H,1-2H3,(H,11,12);3-5,9H,1-2H3;1H4. The highest BCUT2D eigenvalue weighted by Gasteiger charge is 2.23. The van der Waals surface area contributed by atoms with Crippen LogP contribution in [-0.2, 0) is 0 Å². The summed E-state index contributed by atoms with van der Waals surface area (Å²) in [6.45, 7) is 0. The Morgan fingerprint density at radius 2 is 0.739 bits per heavy atom. The van der Waals surface area contributed by atoms with Crippen LogP contribution in [0.15, 0.2) is 137 Å². The number of fused-ring (bicyclic) bond motifs is 6. The molecule has 0 atom stereocenters. The van der Waals surface area contributed by atoms with Gasteiger partial charge in [-0.05, 0) is 129 Å². The second-order valence-corrected chi connectivity index (χ2v) is 19.7. The maximum Gasteiger partial charge on any atom is 0.344 e. The maximum absolute atomic E-state index is 12.5. The summed E-state index contributed by atoms with van der Waals surface area (Å²) in [7, 11) is 18.0. The Morgan fingerprint density at radius 1 is 0.359 bits per heavy atom. The summed E-state index contributed by atoms with van der Waals surface area (Å²) in [5.41, 5.74) is -0.696. The van der Waals surface area contributed by atoms with Crippen LogP contribution in [0.3, 0.4) is 0 Å². The number of aromatic carboxylic acids is 1. The summed E-state index contributed by atoms with van der Waals surface area (Å²) in [6, 6.07) is 28.0. The third-order valence-electron chi connectivity index (χ3n) is 13.0. The lowest BCUT2D eigenvalue weighted by molar-refractivity contribution is 0.0692. The topological polar surface area (TPSA) is 336 Å². The zero-order valence-electron chi connectivity index (χ0n) is 50.6. The molecule has 0 radical (unpaired) electrons. The Hall–Kier alpha value is -10.8. The monoisotopic (exact) mass is 1400 g/mol. The van der Waals surface area contributed by atoms with Crippen LogP contribution in [0.1, 0.15) is 28.1 Å². The summed E-state index contributed by atoms with van der Waals surface area (Å²) < 4.78 is 78.6. The third kappa shape index (κ3) is 15.8. The molecule has 10 aromatic rings. The number of phenols is 5. The number of para-hydroxylation sites is 2. The van der Waals surface area contributed by atoms with Crippen molar-refractivity contribution in [2.75, 3.05) is 85.3 Å². The highest BCUT2D eigenvalue weighted by atomic mass is 79.9. The number of benzene rings is 8. The normalized spacial score (nSPS) is 10.2. The number of carboxylic acid groups (broad SMARTS) is 1. The van der Waals surface area contributed by atoms with Crippen molar-refractivity contribution in [2.45, 2.75) is 7.43 Å². The number of carbonyl (C=O) groups excluding carboxylic acids is 1. The van der Waals surface area contributed by atoms with E-state index in [1.165, 1.54) is 109 Å². The van der Waals surface area contributed by atoms with Crippen molar-refractivity contribution in [3.05, 3.63) is 150 Å². The Kier molecular flexibility index (Phi) is 25.5. The summed E-state index contributed by atoms with van der Waals surface area (Å²) >= 11 is 6.47. The van der Waals surface area contributed by atoms with E-state index in [-0.39, 0.29) is 41.0 Å². The van der Waals surface area contributed by atoms with Crippen LogP contribution in [0.5, 0.6) is 103 Å². The number of ether oxygens (including phenoxy) is 13. The van der Waals surface area contributed by atoms with E-state index in [0.29, 0.717) is 105 Å². The number of carbonyl (C=O) groups is 2. The van der Waals surface area contributed by atoms with Crippen LogP contribution in [0.2, 0.25) is 0 Å². The fourth-order valence-corrected chi connectivity index (χ4v) is 9.59. The summed E-state index contributed by atoms with van der Waals surface area (Å²) in [5, 5.41) is 58.5. The Bertz CT molecular complexity index is 4410. The van der Waals surface area contributed by atoms with Crippen LogP contribution < -0.4 is 72.8 Å². The first-order chi connectivity index (χ1) is 43.6. The first-order valence-corrected chi connectivity index (χ1v) is 27.6. The van der Waals surface area contributed by atoms with Gasteiger partial charge in [-0.3, -0.25) is 0 Å². The number of phenolic OH excluding ortho intramolecular Hbond substituents is 5. The van der Waals surface area contributed by atoms with Gasteiger partial charge in [-0.1, -0.05) is 19.6 Å². The molecule has 488 valence electrons. The van der Waals surface area contributed by atoms with E-state index in [1.54, 1.807) is 73.8 Å². The molecular formula is C65H64Br2O25. The van der Waals surface area contributed by atoms with Crippen molar-refractivity contribution >= 4 is 87.3 Å². The maximum atomic E-state index is 12.5. The number of methoxy groups -OCH3 is 12. The molecule has 2 heterocycles. The molecule has 0 aliphatic carbocycles. The van der Waals surface area contributed by atoms with Crippen molar-refractivity contribution in [1.29, 1.82) is 0 Å². The SMILES string of the molecule is C.COc1cc(Br)c(C(=O)O)cc1OC.COc1cc(Br)c(C(=O)Oc2cccc(OC)c2OC)cc1OC.COc1cc2c(=O)oc3c(OC)c(OC)ccc3c2cc1OC.COc1cccc(O)c1OC.O=c1oc2c(O)c(O)ccc2c2cc(O)c(O)cc12. The number of aromatic hydroxyl groups is 5. The molecule has 0 aliphatic rings. The molecule has 10 rings (SSSR count). The average molecular weight is 1410 g/mol. The quantitative estimate of drug-likeness (QED) is 0.0183. The van der Waals surface area contributed by atoms with Crippen molar-refractivity contribution < 1.29 is 111 Å². The van der Waals surface area contributed by atoms with E-state index in [4.69, 9.17) is 75.5 Å². The predicted molar refractivity (Wildman–Crippen MR) is 347 cm³/mol. The van der Waals surface area contributed by atoms with Gasteiger partial charge in [0.2, 0.25) is 23.0 Å². The van der Waals surface area contributed by atoms with Gasteiger partial charge in [-0.25, -0.2) is 19.2 Å². The van der Waals surface area contributed by atoms with Crippen LogP contribution in [0.25, 0.3) is 43.5 Å². The Balaban J connectivity index is 0.000000213. The molecule has 0 unspecified atom stereocenters. The van der Waals surface area contributed by atoms with Crippen molar-refractivity contribution in [2.24, 2.45) is 0 Å². The molecule has 0 saturated carbocycles. The van der Waals surface area contributed by atoms with Crippen molar-refractivity contribution in [3.8, 4) is 103 Å². The lowest BCUT2D eigenvalue weighted by Gasteiger charge is -2.14. The van der Waals surface area contributed by atoms with Crippen LogP contribution in [0, 0.1) is 0 Å². The zero-order chi connectivity index (χ0) is 67.0. The molecule has 2 aromatic heterocycles. The molecule has 0 aliphatic heterocycles. The number of esters is 1. The van der Waals surface area contributed by atoms with Gasteiger partial charge in [-0.15, -0.1) is 0 Å². The van der Waals surface area contributed by atoms with E-state index in [9.17, 15) is 44.7 Å². The van der Waals surface area contributed by atoms with Crippen molar-refractivity contribution in [1.82, 2.24) is 0 Å². The second kappa shape index (κ2) is 32.6. The van der Waals surface area contributed by atoms with Crippen LogP contribution in [-0.4, -0.2) is 128 Å². The van der Waals surface area contributed by atoms with E-state index in [2.05, 4.69) is 31.9 Å². The molecule has 0 fully saturated rings. The number of hydrogen-bond acceptors (Lipinski definition) is 24. The highest BCUT2D eigenvalue weighted by Crippen LogP contribution is 2.43. The predicted octanol–water partition coefficient (Wildman–Crippen LogP) is 12.7. The van der Waals surface area contributed by atoms with Gasteiger partial charge in [0.1, 0.15) is 0 Å². The van der Waals surface area contributed by atoms with Crippen LogP contribution >= 0.6 is 31.9 Å². The molecule has 8 aromatic carbocycles. The minimum atomic E-state index is -1.02. The average Bonchev–Trinajstić information content (AvgIpc) is 0.772. The molecule has 0 spiro atoms. The lowest BCUT2D eigenvalue weighted by atomic mass is 10.1. The zero-order valence-corrected chi connectivity index (χ0v) is 53.8. The molecular weight excluding hydrogens is 1340 g/mol. The van der Waals surface area contributed by atoms with Gasteiger partial charge in [-0.2, -0.15) is 0 Å². The minimum absolute atomic E-state index is 0. The van der Waals surface area contributed by atoms with Gasteiger partial charge < -0.3 is 101 Å². The number of rotatable bonds is 15. The minimum Gasteiger partial charge on any atom is -0.504 e. The molecule has 0 saturated heterocycles. The van der Waals surface area contributed by atoms with E-state index < -0.39 is 46.2 Å². The smallest absolute Gasteiger partial charge is 0.344 e. The summed E-state index contributed by atoms with van der Waals surface area (Å²) in [6.07, 6.45) is 0. The Labute approximate surface area is 541 Å². The van der Waals surface area contributed by atoms with E-state index in [1.807, 2.05) is 6.07 Å². The van der Waals surface area contributed by atoms with Crippen LogP contribution in [0.4, 0.5) is 0 Å². The largest absolute Gasteiger partial charge is 0.504 e. The second-order valence-electron chi connectivity index (χ2n) is 18.0. The van der Waals surface area contributed by atoms with E-state index >= 15 is 0 Å². The van der Waals surface area contributed by atoms with Crippen molar-refractivity contribution in [3.63, 3.8) is 0 Å². The third-order valence-corrected chi connectivity index (χ3v) is 14.3. The van der Waals surface area contributed by atoms with Gasteiger partial charge in [0.25, 0.3) is 0 Å².